The molecule has 0 aliphatic carbocycles. The Morgan fingerprint density at radius 2 is 1.76 bits per heavy atom. The highest BCUT2D eigenvalue weighted by Gasteiger charge is 2.25. The molecular formula is C26H19FN2O4. The predicted octanol–water partition coefficient (Wildman–Crippen LogP) is 5.56. The number of amides is 1. The SMILES string of the molecule is COc1cccc(C(=O)c2oc3ccccc3c2NC(=O)c2cc3c(F)cccc3n2C)c1. The van der Waals surface area contributed by atoms with Gasteiger partial charge in [0.2, 0.25) is 5.78 Å². The minimum Gasteiger partial charge on any atom is -0.497 e. The van der Waals surface area contributed by atoms with Crippen LogP contribution in [-0.2, 0) is 7.05 Å². The number of aromatic nitrogens is 1. The van der Waals surface area contributed by atoms with Gasteiger partial charge in [-0.2, -0.15) is 0 Å². The zero-order valence-corrected chi connectivity index (χ0v) is 17.9. The van der Waals surface area contributed by atoms with Crippen LogP contribution in [0.15, 0.2) is 77.2 Å². The third kappa shape index (κ3) is 3.43. The topological polar surface area (TPSA) is 73.5 Å². The quantitative estimate of drug-likeness (QED) is 0.362. The van der Waals surface area contributed by atoms with Gasteiger partial charge in [0.25, 0.3) is 5.91 Å². The molecule has 1 N–H and O–H groups in total. The Balaban J connectivity index is 1.60. The molecule has 0 radical (unpaired) electrons. The van der Waals surface area contributed by atoms with Crippen LogP contribution in [0.3, 0.4) is 0 Å². The van der Waals surface area contributed by atoms with Crippen LogP contribution >= 0.6 is 0 Å². The van der Waals surface area contributed by atoms with Gasteiger partial charge < -0.3 is 19.0 Å². The first-order valence-corrected chi connectivity index (χ1v) is 10.2. The third-order valence-corrected chi connectivity index (χ3v) is 5.64. The van der Waals surface area contributed by atoms with Crippen LogP contribution in [0.1, 0.15) is 26.6 Å². The van der Waals surface area contributed by atoms with Crippen molar-refractivity contribution in [3.8, 4) is 5.75 Å². The summed E-state index contributed by atoms with van der Waals surface area (Å²) in [4.78, 5) is 26.6. The van der Waals surface area contributed by atoms with E-state index in [1.165, 1.54) is 19.2 Å². The van der Waals surface area contributed by atoms with Crippen molar-refractivity contribution < 1.29 is 23.1 Å². The van der Waals surface area contributed by atoms with Gasteiger partial charge in [0.05, 0.1) is 18.3 Å². The molecule has 0 saturated carbocycles. The van der Waals surface area contributed by atoms with E-state index in [1.807, 2.05) is 0 Å². The minimum atomic E-state index is -0.487. The number of methoxy groups -OCH3 is 1. The molecule has 5 rings (SSSR count). The molecule has 3 aromatic carbocycles. The number of anilines is 1. The fourth-order valence-electron chi connectivity index (χ4n) is 3.94. The maximum absolute atomic E-state index is 14.2. The second kappa shape index (κ2) is 7.94. The summed E-state index contributed by atoms with van der Waals surface area (Å²) in [5.74, 6) is -0.768. The van der Waals surface area contributed by atoms with Crippen LogP contribution in [0.5, 0.6) is 5.75 Å². The molecule has 0 saturated heterocycles. The van der Waals surface area contributed by atoms with E-state index in [2.05, 4.69) is 5.32 Å². The van der Waals surface area contributed by atoms with Crippen molar-refractivity contribution in [3.63, 3.8) is 0 Å². The van der Waals surface area contributed by atoms with Gasteiger partial charge in [0, 0.05) is 23.4 Å². The van der Waals surface area contributed by atoms with E-state index in [0.717, 1.165) is 0 Å². The highest BCUT2D eigenvalue weighted by atomic mass is 19.1. The summed E-state index contributed by atoms with van der Waals surface area (Å²) in [6.07, 6.45) is 0. The second-order valence-corrected chi connectivity index (χ2v) is 7.58. The van der Waals surface area contributed by atoms with Gasteiger partial charge in [-0.25, -0.2) is 4.39 Å². The van der Waals surface area contributed by atoms with Crippen molar-refractivity contribution in [2.24, 2.45) is 7.05 Å². The number of nitrogens with one attached hydrogen (secondary N) is 1. The standard InChI is InChI=1S/C26H19FN2O4/c1-29-20-11-6-10-19(27)18(20)14-21(29)26(31)28-23-17-9-3-4-12-22(17)33-25(23)24(30)15-7-5-8-16(13-15)32-2/h3-14H,1-2H3,(H,28,31). The summed E-state index contributed by atoms with van der Waals surface area (Å²) >= 11 is 0. The summed E-state index contributed by atoms with van der Waals surface area (Å²) in [5, 5.41) is 3.75. The lowest BCUT2D eigenvalue weighted by atomic mass is 10.1. The second-order valence-electron chi connectivity index (χ2n) is 7.58. The van der Waals surface area contributed by atoms with Gasteiger partial charge in [0.15, 0.2) is 5.76 Å². The molecule has 0 atom stereocenters. The van der Waals surface area contributed by atoms with Crippen LogP contribution in [0.25, 0.3) is 21.9 Å². The maximum atomic E-state index is 14.2. The first kappa shape index (κ1) is 20.5. The third-order valence-electron chi connectivity index (χ3n) is 5.64. The van der Waals surface area contributed by atoms with Gasteiger partial charge in [-0.3, -0.25) is 9.59 Å². The van der Waals surface area contributed by atoms with Gasteiger partial charge in [-0.15, -0.1) is 0 Å². The smallest absolute Gasteiger partial charge is 0.272 e. The van der Waals surface area contributed by atoms with E-state index in [9.17, 15) is 14.0 Å². The lowest BCUT2D eigenvalue weighted by molar-refractivity contribution is 0.101. The van der Waals surface area contributed by atoms with Crippen LogP contribution in [0.4, 0.5) is 10.1 Å². The van der Waals surface area contributed by atoms with Crippen molar-refractivity contribution in [2.75, 3.05) is 12.4 Å². The molecule has 0 unspecified atom stereocenters. The number of aryl methyl sites for hydroxylation is 1. The van der Waals surface area contributed by atoms with E-state index < -0.39 is 17.5 Å². The molecule has 33 heavy (non-hydrogen) atoms. The van der Waals surface area contributed by atoms with Crippen LogP contribution in [0, 0.1) is 5.82 Å². The van der Waals surface area contributed by atoms with Crippen molar-refractivity contribution in [2.45, 2.75) is 0 Å². The summed E-state index contributed by atoms with van der Waals surface area (Å²) < 4.78 is 26.9. The Morgan fingerprint density at radius 1 is 0.970 bits per heavy atom. The van der Waals surface area contributed by atoms with Gasteiger partial charge in [-0.1, -0.05) is 30.3 Å². The van der Waals surface area contributed by atoms with Gasteiger partial charge in [0.1, 0.15) is 22.8 Å². The molecule has 0 aliphatic heterocycles. The molecule has 5 aromatic rings. The van der Waals surface area contributed by atoms with E-state index in [0.29, 0.717) is 33.2 Å². The summed E-state index contributed by atoms with van der Waals surface area (Å²) in [6, 6.07) is 19.9. The first-order valence-electron chi connectivity index (χ1n) is 10.2. The van der Waals surface area contributed by atoms with Gasteiger partial charge >= 0.3 is 0 Å². The zero-order valence-electron chi connectivity index (χ0n) is 17.9. The predicted molar refractivity (Wildman–Crippen MR) is 123 cm³/mol. The number of hydrogen-bond acceptors (Lipinski definition) is 4. The molecule has 0 aliphatic rings. The Kier molecular flexibility index (Phi) is 4.94. The van der Waals surface area contributed by atoms with E-state index >= 15 is 0 Å². The number of hydrogen-bond donors (Lipinski definition) is 1. The van der Waals surface area contributed by atoms with Crippen molar-refractivity contribution >= 4 is 39.2 Å². The fourth-order valence-corrected chi connectivity index (χ4v) is 3.94. The Labute approximate surface area is 188 Å². The zero-order chi connectivity index (χ0) is 23.1. The Bertz CT molecular complexity index is 1550. The average molecular weight is 442 g/mol. The molecule has 6 nitrogen and oxygen atoms in total. The molecule has 7 heteroatoms. The lowest BCUT2D eigenvalue weighted by Gasteiger charge is -2.08. The molecule has 0 fully saturated rings. The molecule has 164 valence electrons. The number of ketones is 1. The van der Waals surface area contributed by atoms with Crippen molar-refractivity contribution in [1.29, 1.82) is 0 Å². The Morgan fingerprint density at radius 3 is 2.55 bits per heavy atom. The van der Waals surface area contributed by atoms with Crippen LogP contribution < -0.4 is 10.1 Å². The number of rotatable bonds is 5. The van der Waals surface area contributed by atoms with Crippen LogP contribution in [0.2, 0.25) is 0 Å². The van der Waals surface area contributed by atoms with Crippen molar-refractivity contribution in [3.05, 3.63) is 95.6 Å². The van der Waals surface area contributed by atoms with E-state index in [4.69, 9.17) is 9.15 Å². The average Bonchev–Trinajstić information content (AvgIpc) is 3.37. The number of halogens is 1. The highest BCUT2D eigenvalue weighted by molar-refractivity contribution is 6.19. The number of para-hydroxylation sites is 1. The number of carbonyl (C=O) groups excluding carboxylic acids is 2. The Hall–Kier alpha value is -4.39. The largest absolute Gasteiger partial charge is 0.497 e. The minimum absolute atomic E-state index is 0.00254. The first-order chi connectivity index (χ1) is 16.0. The van der Waals surface area contributed by atoms with E-state index in [-0.39, 0.29) is 17.1 Å². The number of carbonyl (C=O) groups is 2. The molecule has 1 amide bonds. The summed E-state index contributed by atoms with van der Waals surface area (Å²) in [6.45, 7) is 0. The van der Waals surface area contributed by atoms with E-state index in [1.54, 1.807) is 72.3 Å². The monoisotopic (exact) mass is 442 g/mol. The molecule has 2 aromatic heterocycles. The number of nitrogens with zero attached hydrogens (tertiary/aromatic N) is 1. The number of benzene rings is 3. The van der Waals surface area contributed by atoms with Crippen molar-refractivity contribution in [1.82, 2.24) is 4.57 Å². The number of furan rings is 1. The lowest BCUT2D eigenvalue weighted by Crippen LogP contribution is -2.17. The maximum Gasteiger partial charge on any atom is 0.272 e. The number of ether oxygens (including phenoxy) is 1. The summed E-state index contributed by atoms with van der Waals surface area (Å²) in [5.41, 5.74) is 1.91. The fraction of sp³-hybridized carbons (Fsp3) is 0.0769. The normalized spacial score (nSPS) is 11.1. The molecule has 0 bridgehead atoms. The van der Waals surface area contributed by atoms with Gasteiger partial charge in [-0.05, 0) is 42.5 Å². The molecule has 2 heterocycles. The highest BCUT2D eigenvalue weighted by Crippen LogP contribution is 2.34. The molecule has 0 spiro atoms. The van der Waals surface area contributed by atoms with Crippen LogP contribution in [-0.4, -0.2) is 23.4 Å². The summed E-state index contributed by atoms with van der Waals surface area (Å²) in [7, 11) is 3.20. The molecular weight excluding hydrogens is 423 g/mol. The number of fused-ring (bicyclic) bond motifs is 2.